The molecule has 0 fully saturated rings. The Morgan fingerprint density at radius 3 is 2.83 bits per heavy atom. The third-order valence-electron chi connectivity index (χ3n) is 3.13. The van der Waals surface area contributed by atoms with Crippen LogP contribution in [0.4, 0.5) is 5.82 Å². The fraction of sp³-hybridized carbons (Fsp3) is 0.214. The molecular formula is C14H13N3O6. The van der Waals surface area contributed by atoms with Crippen LogP contribution >= 0.6 is 0 Å². The van der Waals surface area contributed by atoms with Crippen LogP contribution in [0, 0.1) is 0 Å². The van der Waals surface area contributed by atoms with Gasteiger partial charge in [0.1, 0.15) is 12.3 Å². The van der Waals surface area contributed by atoms with E-state index in [0.717, 1.165) is 0 Å². The van der Waals surface area contributed by atoms with Gasteiger partial charge in [-0.3, -0.25) is 9.59 Å². The summed E-state index contributed by atoms with van der Waals surface area (Å²) in [6, 6.07) is 4.94. The lowest BCUT2D eigenvalue weighted by atomic mass is 10.1. The highest BCUT2D eigenvalue weighted by molar-refractivity contribution is 6.01. The molecule has 23 heavy (non-hydrogen) atoms. The first-order valence-corrected chi connectivity index (χ1v) is 6.70. The van der Waals surface area contributed by atoms with Gasteiger partial charge in [-0.25, -0.2) is 0 Å². The fourth-order valence-corrected chi connectivity index (χ4v) is 1.96. The molecule has 0 aliphatic carbocycles. The molecule has 0 bridgehead atoms. The SMILES string of the molecule is O=C(NC(CO)C(=O)Nc1ccon1)c1ccc2c(c1)OCO2. The maximum absolute atomic E-state index is 12.2. The molecule has 120 valence electrons. The third kappa shape index (κ3) is 3.24. The lowest BCUT2D eigenvalue weighted by Crippen LogP contribution is -2.46. The molecule has 1 aliphatic rings. The number of hydrogen-bond acceptors (Lipinski definition) is 7. The van der Waals surface area contributed by atoms with Crippen molar-refractivity contribution in [2.45, 2.75) is 6.04 Å². The number of rotatable bonds is 5. The van der Waals surface area contributed by atoms with E-state index in [-0.39, 0.29) is 18.2 Å². The number of carbonyl (C=O) groups is 2. The first kappa shape index (κ1) is 14.9. The largest absolute Gasteiger partial charge is 0.454 e. The minimum atomic E-state index is -1.13. The molecule has 1 aromatic carbocycles. The molecule has 1 aromatic heterocycles. The van der Waals surface area contributed by atoms with Gasteiger partial charge in [0.2, 0.25) is 6.79 Å². The monoisotopic (exact) mass is 319 g/mol. The first-order valence-electron chi connectivity index (χ1n) is 6.70. The molecule has 1 atom stereocenters. The molecule has 2 amide bonds. The van der Waals surface area contributed by atoms with Gasteiger partial charge in [-0.1, -0.05) is 5.16 Å². The van der Waals surface area contributed by atoms with Gasteiger partial charge >= 0.3 is 0 Å². The molecule has 1 unspecified atom stereocenters. The van der Waals surface area contributed by atoms with E-state index in [2.05, 4.69) is 20.3 Å². The highest BCUT2D eigenvalue weighted by Crippen LogP contribution is 2.32. The molecule has 0 spiro atoms. The van der Waals surface area contributed by atoms with Crippen LogP contribution < -0.4 is 20.1 Å². The van der Waals surface area contributed by atoms with Crippen LogP contribution in [0.1, 0.15) is 10.4 Å². The average Bonchev–Trinajstić information content (AvgIpc) is 3.22. The average molecular weight is 319 g/mol. The van der Waals surface area contributed by atoms with Crippen molar-refractivity contribution >= 4 is 17.6 Å². The number of nitrogens with one attached hydrogen (secondary N) is 2. The van der Waals surface area contributed by atoms with Crippen LogP contribution in [0.3, 0.4) is 0 Å². The predicted octanol–water partition coefficient (Wildman–Crippen LogP) is 0.133. The van der Waals surface area contributed by atoms with Crippen LogP contribution in [-0.4, -0.2) is 41.5 Å². The van der Waals surface area contributed by atoms with Crippen molar-refractivity contribution in [1.29, 1.82) is 0 Å². The topological polar surface area (TPSA) is 123 Å². The minimum absolute atomic E-state index is 0.0970. The van der Waals surface area contributed by atoms with Crippen molar-refractivity contribution in [3.8, 4) is 11.5 Å². The Hall–Kier alpha value is -3.07. The van der Waals surface area contributed by atoms with Gasteiger partial charge < -0.3 is 29.7 Å². The number of anilines is 1. The molecule has 9 nitrogen and oxygen atoms in total. The second-order valence-corrected chi connectivity index (χ2v) is 4.65. The Balaban J connectivity index is 1.66. The lowest BCUT2D eigenvalue weighted by Gasteiger charge is -2.15. The summed E-state index contributed by atoms with van der Waals surface area (Å²) >= 11 is 0. The maximum atomic E-state index is 12.2. The number of hydrogen-bond donors (Lipinski definition) is 3. The number of carbonyl (C=O) groups excluding carboxylic acids is 2. The van der Waals surface area contributed by atoms with Gasteiger partial charge in [-0.05, 0) is 18.2 Å². The maximum Gasteiger partial charge on any atom is 0.252 e. The number of nitrogens with zero attached hydrogens (tertiary/aromatic N) is 1. The highest BCUT2D eigenvalue weighted by atomic mass is 16.7. The number of ether oxygens (including phenoxy) is 2. The summed E-state index contributed by atoms with van der Waals surface area (Å²) in [6.45, 7) is -0.472. The molecule has 3 rings (SSSR count). The predicted molar refractivity (Wildman–Crippen MR) is 76.0 cm³/mol. The second-order valence-electron chi connectivity index (χ2n) is 4.65. The second kappa shape index (κ2) is 6.36. The highest BCUT2D eigenvalue weighted by Gasteiger charge is 2.23. The van der Waals surface area contributed by atoms with E-state index in [1.54, 1.807) is 6.07 Å². The smallest absolute Gasteiger partial charge is 0.252 e. The summed E-state index contributed by atoms with van der Waals surface area (Å²) in [5, 5.41) is 17.7. The van der Waals surface area contributed by atoms with Gasteiger partial charge in [0.05, 0.1) is 6.61 Å². The van der Waals surface area contributed by atoms with Crippen LogP contribution in [0.15, 0.2) is 35.1 Å². The van der Waals surface area contributed by atoms with Gasteiger partial charge in [0.25, 0.3) is 11.8 Å². The number of amides is 2. The van der Waals surface area contributed by atoms with E-state index >= 15 is 0 Å². The third-order valence-corrected chi connectivity index (χ3v) is 3.13. The van der Waals surface area contributed by atoms with Crippen LogP contribution in [0.25, 0.3) is 0 Å². The first-order chi connectivity index (χ1) is 11.2. The lowest BCUT2D eigenvalue weighted by molar-refractivity contribution is -0.118. The van der Waals surface area contributed by atoms with Crippen LogP contribution in [0.2, 0.25) is 0 Å². The van der Waals surface area contributed by atoms with Gasteiger partial charge in [-0.15, -0.1) is 0 Å². The quantitative estimate of drug-likeness (QED) is 0.716. The van der Waals surface area contributed by atoms with Crippen LogP contribution in [-0.2, 0) is 4.79 Å². The van der Waals surface area contributed by atoms with Crippen LogP contribution in [0.5, 0.6) is 11.5 Å². The van der Waals surface area contributed by atoms with E-state index in [1.807, 2.05) is 0 Å². The van der Waals surface area contributed by atoms with Gasteiger partial charge in [0.15, 0.2) is 17.3 Å². The molecule has 2 heterocycles. The minimum Gasteiger partial charge on any atom is -0.454 e. The number of fused-ring (bicyclic) bond motifs is 1. The number of aromatic nitrogens is 1. The van der Waals surface area contributed by atoms with E-state index < -0.39 is 24.5 Å². The summed E-state index contributed by atoms with van der Waals surface area (Å²) in [6.07, 6.45) is 1.29. The molecule has 0 radical (unpaired) electrons. The van der Waals surface area contributed by atoms with Crippen molar-refractivity contribution in [2.24, 2.45) is 0 Å². The van der Waals surface area contributed by atoms with Crippen molar-refractivity contribution in [1.82, 2.24) is 10.5 Å². The number of aliphatic hydroxyl groups excluding tert-OH is 1. The number of benzene rings is 1. The summed E-state index contributed by atoms with van der Waals surface area (Å²) in [5.41, 5.74) is 0.280. The van der Waals surface area contributed by atoms with E-state index in [9.17, 15) is 14.7 Å². The summed E-state index contributed by atoms with van der Waals surface area (Å²) in [7, 11) is 0. The Morgan fingerprint density at radius 2 is 2.09 bits per heavy atom. The zero-order chi connectivity index (χ0) is 16.2. The van der Waals surface area contributed by atoms with Crippen molar-refractivity contribution in [3.63, 3.8) is 0 Å². The fourth-order valence-electron chi connectivity index (χ4n) is 1.96. The standard InChI is InChI=1S/C14H13N3O6/c18-6-9(14(20)16-12-3-4-23-17-12)15-13(19)8-1-2-10-11(5-8)22-7-21-10/h1-5,9,18H,6-7H2,(H,15,19)(H,16,17,20). The summed E-state index contributed by atoms with van der Waals surface area (Å²) < 4.78 is 14.9. The molecule has 3 N–H and O–H groups in total. The molecule has 2 aromatic rings. The van der Waals surface area contributed by atoms with Crippen molar-refractivity contribution < 1.29 is 28.7 Å². The number of aliphatic hydroxyl groups is 1. The molecule has 0 saturated heterocycles. The molecule has 9 heteroatoms. The molecular weight excluding hydrogens is 306 g/mol. The Kier molecular flexibility index (Phi) is 4.11. The zero-order valence-electron chi connectivity index (χ0n) is 11.8. The van der Waals surface area contributed by atoms with Gasteiger partial charge in [0, 0.05) is 11.6 Å². The Morgan fingerprint density at radius 1 is 1.26 bits per heavy atom. The van der Waals surface area contributed by atoms with E-state index in [0.29, 0.717) is 11.5 Å². The van der Waals surface area contributed by atoms with Crippen molar-refractivity contribution in [2.75, 3.05) is 18.7 Å². The summed E-state index contributed by atoms with van der Waals surface area (Å²) in [5.74, 6) is 0.0354. The van der Waals surface area contributed by atoms with E-state index in [1.165, 1.54) is 24.5 Å². The molecule has 0 saturated carbocycles. The van der Waals surface area contributed by atoms with Gasteiger partial charge in [-0.2, -0.15) is 0 Å². The van der Waals surface area contributed by atoms with E-state index in [4.69, 9.17) is 9.47 Å². The molecule has 1 aliphatic heterocycles. The Bertz CT molecular complexity index is 715. The van der Waals surface area contributed by atoms with Crippen molar-refractivity contribution in [3.05, 3.63) is 36.1 Å². The summed E-state index contributed by atoms with van der Waals surface area (Å²) in [4.78, 5) is 24.2. The zero-order valence-corrected chi connectivity index (χ0v) is 11.8. The normalized spacial score (nSPS) is 13.4. The Labute approximate surface area is 130 Å².